The third kappa shape index (κ3) is 17.5. The Morgan fingerprint density at radius 2 is 1.11 bits per heavy atom. The molecule has 0 aliphatic carbocycles. The van der Waals surface area contributed by atoms with Gasteiger partial charge in [0.25, 0.3) is 0 Å². The molecule has 0 saturated carbocycles. The Hall–Kier alpha value is -0.520. The lowest BCUT2D eigenvalue weighted by Gasteiger charge is -1.99. The molecular weight excluding hydrogens is 228 g/mol. The molecule has 0 aromatic carbocycles. The van der Waals surface area contributed by atoms with E-state index in [0.717, 1.165) is 5.92 Å². The highest BCUT2D eigenvalue weighted by Crippen LogP contribution is 2.09. The molecule has 0 bridgehead atoms. The van der Waals surface area contributed by atoms with Gasteiger partial charge in [-0.1, -0.05) is 77.2 Å². The van der Waals surface area contributed by atoms with Crippen LogP contribution in [0.1, 0.15) is 91.4 Å². The lowest BCUT2D eigenvalue weighted by Crippen LogP contribution is -1.81. The van der Waals surface area contributed by atoms with Crippen molar-refractivity contribution in [2.75, 3.05) is 0 Å². The van der Waals surface area contributed by atoms with E-state index < -0.39 is 0 Å². The first-order chi connectivity index (χ1) is 9.27. The number of rotatable bonds is 13. The van der Waals surface area contributed by atoms with Crippen molar-refractivity contribution in [3.05, 3.63) is 24.3 Å². The maximum absolute atomic E-state index is 2.38. The van der Waals surface area contributed by atoms with E-state index >= 15 is 0 Å². The zero-order valence-corrected chi connectivity index (χ0v) is 13.7. The summed E-state index contributed by atoms with van der Waals surface area (Å²) in [4.78, 5) is 0. The fourth-order valence-electron chi connectivity index (χ4n) is 2.10. The number of unbranched alkanes of at least 4 members (excludes halogenated alkanes) is 8. The molecule has 0 saturated heterocycles. The Kier molecular flexibility index (Phi) is 15.1. The molecule has 0 amide bonds. The van der Waals surface area contributed by atoms with Crippen LogP contribution in [0.25, 0.3) is 0 Å². The molecular formula is C19H36. The fraction of sp³-hybridized carbons (Fsp3) is 0.789. The third-order valence-electron chi connectivity index (χ3n) is 3.41. The molecule has 0 atom stereocenters. The summed E-state index contributed by atoms with van der Waals surface area (Å²) in [5, 5.41) is 0. The van der Waals surface area contributed by atoms with Crippen LogP contribution in [0, 0.1) is 5.92 Å². The molecule has 0 unspecified atom stereocenters. The van der Waals surface area contributed by atoms with E-state index in [1.165, 1.54) is 70.6 Å². The van der Waals surface area contributed by atoms with E-state index in [-0.39, 0.29) is 0 Å². The van der Waals surface area contributed by atoms with Crippen LogP contribution in [0.4, 0.5) is 0 Å². The molecule has 0 aliphatic rings. The van der Waals surface area contributed by atoms with E-state index in [2.05, 4.69) is 45.1 Å². The van der Waals surface area contributed by atoms with E-state index in [1.807, 2.05) is 0 Å². The molecule has 19 heavy (non-hydrogen) atoms. The minimum atomic E-state index is 0.807. The molecule has 0 spiro atoms. The highest BCUT2D eigenvalue weighted by Gasteiger charge is 1.90. The molecule has 0 aliphatic heterocycles. The van der Waals surface area contributed by atoms with Crippen molar-refractivity contribution in [2.45, 2.75) is 91.4 Å². The number of hydrogen-bond donors (Lipinski definition) is 0. The van der Waals surface area contributed by atoms with Gasteiger partial charge >= 0.3 is 0 Å². The van der Waals surface area contributed by atoms with Crippen molar-refractivity contribution in [3.8, 4) is 0 Å². The van der Waals surface area contributed by atoms with Gasteiger partial charge in [0, 0.05) is 0 Å². The first kappa shape index (κ1) is 18.5. The lowest BCUT2D eigenvalue weighted by atomic mass is 10.1. The second kappa shape index (κ2) is 15.5. The van der Waals surface area contributed by atoms with Gasteiger partial charge in [0.1, 0.15) is 0 Å². The molecule has 0 aromatic rings. The average Bonchev–Trinajstić information content (AvgIpc) is 2.39. The van der Waals surface area contributed by atoms with Gasteiger partial charge in [-0.25, -0.2) is 0 Å². The Morgan fingerprint density at radius 3 is 1.63 bits per heavy atom. The van der Waals surface area contributed by atoms with E-state index in [1.54, 1.807) is 0 Å². The smallest absolute Gasteiger partial charge is 0.0327 e. The van der Waals surface area contributed by atoms with E-state index in [4.69, 9.17) is 0 Å². The standard InChI is InChI=1S/C19H36/c1-4-5-6-7-8-9-10-11-12-13-14-15-16-17-18-19(2)3/h7-8,16-17,19H,4-6,9-15,18H2,1-3H3/b8-7+,17-16+. The topological polar surface area (TPSA) is 0 Å². The highest BCUT2D eigenvalue weighted by atomic mass is 14.0. The van der Waals surface area contributed by atoms with Gasteiger partial charge in [-0.3, -0.25) is 0 Å². The minimum absolute atomic E-state index is 0.807. The van der Waals surface area contributed by atoms with Gasteiger partial charge in [-0.05, 0) is 44.4 Å². The Labute approximate surface area is 122 Å². The average molecular weight is 264 g/mol. The van der Waals surface area contributed by atoms with Crippen LogP contribution in [0.2, 0.25) is 0 Å². The Morgan fingerprint density at radius 1 is 0.632 bits per heavy atom. The fourth-order valence-corrected chi connectivity index (χ4v) is 2.10. The predicted molar refractivity (Wildman–Crippen MR) is 89.6 cm³/mol. The monoisotopic (exact) mass is 264 g/mol. The highest BCUT2D eigenvalue weighted by molar-refractivity contribution is 4.82. The molecule has 0 heterocycles. The van der Waals surface area contributed by atoms with Gasteiger partial charge in [-0.2, -0.15) is 0 Å². The summed E-state index contributed by atoms with van der Waals surface area (Å²) in [5.74, 6) is 0.807. The molecule has 0 fully saturated rings. The van der Waals surface area contributed by atoms with E-state index in [0.29, 0.717) is 0 Å². The second-order valence-electron chi connectivity index (χ2n) is 6.06. The normalized spacial score (nSPS) is 12.2. The summed E-state index contributed by atoms with van der Waals surface area (Å²) in [6.07, 6.45) is 24.2. The van der Waals surface area contributed by atoms with Gasteiger partial charge < -0.3 is 0 Å². The zero-order valence-electron chi connectivity index (χ0n) is 13.7. The SMILES string of the molecule is CCCC/C=C/CCCCCCC/C=C/CC(C)C. The Bertz CT molecular complexity index is 210. The van der Waals surface area contributed by atoms with Crippen LogP contribution in [-0.4, -0.2) is 0 Å². The largest absolute Gasteiger partial charge is 0.0885 e. The van der Waals surface area contributed by atoms with Crippen molar-refractivity contribution in [1.29, 1.82) is 0 Å². The van der Waals surface area contributed by atoms with Gasteiger partial charge in [0.2, 0.25) is 0 Å². The summed E-state index contributed by atoms with van der Waals surface area (Å²) >= 11 is 0. The molecule has 0 radical (unpaired) electrons. The van der Waals surface area contributed by atoms with Crippen LogP contribution >= 0.6 is 0 Å². The Balaban J connectivity index is 3.10. The van der Waals surface area contributed by atoms with Crippen LogP contribution in [-0.2, 0) is 0 Å². The molecule has 0 aromatic heterocycles. The molecule has 112 valence electrons. The van der Waals surface area contributed by atoms with Gasteiger partial charge in [0.05, 0.1) is 0 Å². The minimum Gasteiger partial charge on any atom is -0.0885 e. The molecule has 0 rings (SSSR count). The van der Waals surface area contributed by atoms with Gasteiger partial charge in [0.15, 0.2) is 0 Å². The summed E-state index contributed by atoms with van der Waals surface area (Å²) in [7, 11) is 0. The predicted octanol–water partition coefficient (Wildman–Crippen LogP) is 7.07. The second-order valence-corrected chi connectivity index (χ2v) is 6.06. The zero-order chi connectivity index (χ0) is 14.2. The maximum Gasteiger partial charge on any atom is -0.0327 e. The van der Waals surface area contributed by atoms with E-state index in [9.17, 15) is 0 Å². The molecule has 0 nitrogen and oxygen atoms in total. The van der Waals surface area contributed by atoms with Crippen molar-refractivity contribution in [1.82, 2.24) is 0 Å². The third-order valence-corrected chi connectivity index (χ3v) is 3.41. The lowest BCUT2D eigenvalue weighted by molar-refractivity contribution is 0.619. The van der Waals surface area contributed by atoms with Crippen molar-refractivity contribution < 1.29 is 0 Å². The molecule has 0 N–H and O–H groups in total. The van der Waals surface area contributed by atoms with Crippen LogP contribution in [0.5, 0.6) is 0 Å². The number of allylic oxidation sites excluding steroid dienone is 4. The first-order valence-electron chi connectivity index (χ1n) is 8.57. The van der Waals surface area contributed by atoms with Crippen LogP contribution in [0.3, 0.4) is 0 Å². The number of hydrogen-bond acceptors (Lipinski definition) is 0. The summed E-state index contributed by atoms with van der Waals surface area (Å²) in [6, 6.07) is 0. The van der Waals surface area contributed by atoms with Crippen LogP contribution in [0.15, 0.2) is 24.3 Å². The van der Waals surface area contributed by atoms with Crippen molar-refractivity contribution in [2.24, 2.45) is 5.92 Å². The quantitative estimate of drug-likeness (QED) is 0.246. The first-order valence-corrected chi connectivity index (χ1v) is 8.57. The summed E-state index contributed by atoms with van der Waals surface area (Å²) in [6.45, 7) is 6.81. The maximum atomic E-state index is 2.38. The van der Waals surface area contributed by atoms with Crippen molar-refractivity contribution in [3.63, 3.8) is 0 Å². The van der Waals surface area contributed by atoms with Gasteiger partial charge in [-0.15, -0.1) is 0 Å². The van der Waals surface area contributed by atoms with Crippen LogP contribution < -0.4 is 0 Å². The summed E-state index contributed by atoms with van der Waals surface area (Å²) < 4.78 is 0. The molecule has 0 heteroatoms. The summed E-state index contributed by atoms with van der Waals surface area (Å²) in [5.41, 5.74) is 0. The van der Waals surface area contributed by atoms with Crippen molar-refractivity contribution >= 4 is 0 Å².